The number of anilines is 1. The Kier molecular flexibility index (Phi) is 5.54. The van der Waals surface area contributed by atoms with Crippen molar-refractivity contribution in [1.29, 1.82) is 0 Å². The molecule has 0 saturated carbocycles. The number of carbonyl (C=O) groups excluding carboxylic acids is 1. The molecule has 160 valence electrons. The van der Waals surface area contributed by atoms with Gasteiger partial charge in [0.15, 0.2) is 0 Å². The number of halogens is 3. The lowest BCUT2D eigenvalue weighted by atomic mass is 9.93. The Morgan fingerprint density at radius 1 is 1.00 bits per heavy atom. The normalized spacial score (nSPS) is 14.3. The Morgan fingerprint density at radius 3 is 2.48 bits per heavy atom. The summed E-state index contributed by atoms with van der Waals surface area (Å²) in [6, 6.07) is 16.1. The summed E-state index contributed by atoms with van der Waals surface area (Å²) in [7, 11) is 0. The van der Waals surface area contributed by atoms with E-state index in [1.807, 2.05) is 48.5 Å². The van der Waals surface area contributed by atoms with E-state index in [4.69, 9.17) is 0 Å². The average molecular weight is 427 g/mol. The topological polar surface area (TPSA) is 74.0 Å². The molecule has 2 aromatic carbocycles. The van der Waals surface area contributed by atoms with E-state index in [9.17, 15) is 22.8 Å². The number of H-pyrrole nitrogens is 1. The second-order valence-electron chi connectivity index (χ2n) is 7.38. The van der Waals surface area contributed by atoms with Gasteiger partial charge in [0.05, 0.1) is 6.04 Å². The molecule has 0 bridgehead atoms. The number of alkyl halides is 3. The molecular formula is C23H20F3N3O2. The van der Waals surface area contributed by atoms with Gasteiger partial charge in [-0.05, 0) is 47.7 Å². The zero-order chi connectivity index (χ0) is 22.0. The molecule has 8 heteroatoms. The fourth-order valence-electron chi connectivity index (χ4n) is 3.71. The number of nitrogens with one attached hydrogen (secondary N) is 3. The largest absolute Gasteiger partial charge is 0.431 e. The van der Waals surface area contributed by atoms with Gasteiger partial charge in [-0.25, -0.2) is 0 Å². The van der Waals surface area contributed by atoms with Crippen molar-refractivity contribution in [2.75, 3.05) is 11.9 Å². The first-order chi connectivity index (χ1) is 14.8. The van der Waals surface area contributed by atoms with Gasteiger partial charge in [-0.3, -0.25) is 9.59 Å². The second-order valence-corrected chi connectivity index (χ2v) is 7.38. The van der Waals surface area contributed by atoms with Gasteiger partial charge in [0.2, 0.25) is 0 Å². The van der Waals surface area contributed by atoms with E-state index in [0.29, 0.717) is 6.07 Å². The molecule has 0 radical (unpaired) electrons. The van der Waals surface area contributed by atoms with E-state index in [2.05, 4.69) is 10.6 Å². The fourth-order valence-corrected chi connectivity index (χ4v) is 3.71. The van der Waals surface area contributed by atoms with Crippen molar-refractivity contribution in [3.05, 3.63) is 99.0 Å². The molecule has 31 heavy (non-hydrogen) atoms. The van der Waals surface area contributed by atoms with E-state index in [-0.39, 0.29) is 5.56 Å². The highest BCUT2D eigenvalue weighted by molar-refractivity contribution is 5.94. The Hall–Kier alpha value is -3.55. The fraction of sp³-hybridized carbons (Fsp3) is 0.217. The zero-order valence-electron chi connectivity index (χ0n) is 16.4. The molecular weight excluding hydrogens is 407 g/mol. The summed E-state index contributed by atoms with van der Waals surface area (Å²) in [6.07, 6.45) is -2.79. The molecule has 1 aromatic heterocycles. The number of hydrogen-bond acceptors (Lipinski definition) is 3. The first-order valence-electron chi connectivity index (χ1n) is 9.86. The van der Waals surface area contributed by atoms with Gasteiger partial charge in [0.1, 0.15) is 11.3 Å². The molecule has 4 rings (SSSR count). The number of hydrogen-bond donors (Lipinski definition) is 3. The zero-order valence-corrected chi connectivity index (χ0v) is 16.4. The van der Waals surface area contributed by atoms with E-state index >= 15 is 0 Å². The Labute approximate surface area is 176 Å². The molecule has 0 aliphatic carbocycles. The van der Waals surface area contributed by atoms with Crippen LogP contribution in [-0.4, -0.2) is 17.4 Å². The minimum atomic E-state index is -4.70. The second kappa shape index (κ2) is 8.29. The van der Waals surface area contributed by atoms with Crippen molar-refractivity contribution < 1.29 is 18.0 Å². The Balaban J connectivity index is 1.68. The molecule has 0 spiro atoms. The van der Waals surface area contributed by atoms with Crippen LogP contribution in [0.1, 0.15) is 45.2 Å². The number of pyridine rings is 1. The van der Waals surface area contributed by atoms with Gasteiger partial charge in [0.25, 0.3) is 11.5 Å². The maximum atomic E-state index is 12.8. The van der Waals surface area contributed by atoms with E-state index in [1.54, 1.807) is 4.98 Å². The number of aromatic nitrogens is 1. The third-order valence-corrected chi connectivity index (χ3v) is 5.27. The molecule has 1 unspecified atom stereocenters. The summed E-state index contributed by atoms with van der Waals surface area (Å²) < 4.78 is 38.4. The van der Waals surface area contributed by atoms with Gasteiger partial charge in [-0.2, -0.15) is 13.2 Å². The first kappa shape index (κ1) is 20.7. The number of rotatable bonds is 4. The van der Waals surface area contributed by atoms with E-state index in [0.717, 1.165) is 47.8 Å². The van der Waals surface area contributed by atoms with Crippen LogP contribution in [0.15, 0.2) is 65.5 Å². The predicted molar refractivity (Wildman–Crippen MR) is 111 cm³/mol. The molecule has 0 saturated heterocycles. The third-order valence-electron chi connectivity index (χ3n) is 5.27. The molecule has 1 atom stereocenters. The highest BCUT2D eigenvalue weighted by Gasteiger charge is 2.32. The molecule has 1 aliphatic heterocycles. The van der Waals surface area contributed by atoms with Gasteiger partial charge in [-0.15, -0.1) is 0 Å². The van der Waals surface area contributed by atoms with Crippen LogP contribution in [0.4, 0.5) is 18.9 Å². The summed E-state index contributed by atoms with van der Waals surface area (Å²) in [5.41, 5.74) is 1.13. The molecule has 5 nitrogen and oxygen atoms in total. The summed E-state index contributed by atoms with van der Waals surface area (Å²) in [4.78, 5) is 26.7. The van der Waals surface area contributed by atoms with Crippen molar-refractivity contribution >= 4 is 11.6 Å². The third kappa shape index (κ3) is 4.47. The minimum Gasteiger partial charge on any atom is -0.385 e. The Bertz CT molecular complexity index is 1160. The van der Waals surface area contributed by atoms with Crippen molar-refractivity contribution in [1.82, 2.24) is 10.3 Å². The van der Waals surface area contributed by atoms with Crippen LogP contribution < -0.4 is 16.2 Å². The number of aryl methyl sites for hydroxylation is 1. The lowest BCUT2D eigenvalue weighted by molar-refractivity contribution is -0.141. The highest BCUT2D eigenvalue weighted by atomic mass is 19.4. The first-order valence-corrected chi connectivity index (χ1v) is 9.86. The van der Waals surface area contributed by atoms with Gasteiger partial charge < -0.3 is 15.6 Å². The molecule has 1 aliphatic rings. The monoisotopic (exact) mass is 427 g/mol. The number of carbonyl (C=O) groups is 1. The number of aromatic amines is 1. The number of fused-ring (bicyclic) bond motifs is 1. The van der Waals surface area contributed by atoms with Crippen LogP contribution >= 0.6 is 0 Å². The van der Waals surface area contributed by atoms with E-state index < -0.39 is 29.4 Å². The maximum absolute atomic E-state index is 12.8. The van der Waals surface area contributed by atoms with Crippen LogP contribution in [0, 0.1) is 0 Å². The summed E-state index contributed by atoms with van der Waals surface area (Å²) in [6.45, 7) is 0.905. The molecule has 1 amide bonds. The summed E-state index contributed by atoms with van der Waals surface area (Å²) in [5, 5.41) is 6.15. The number of amides is 1. The van der Waals surface area contributed by atoms with Crippen LogP contribution in [-0.2, 0) is 12.6 Å². The summed E-state index contributed by atoms with van der Waals surface area (Å²) in [5.74, 6) is -0.750. The van der Waals surface area contributed by atoms with Crippen molar-refractivity contribution in [3.63, 3.8) is 0 Å². The van der Waals surface area contributed by atoms with Crippen LogP contribution in [0.2, 0.25) is 0 Å². The standard InChI is InChI=1S/C23H20F3N3O2/c24-23(25,26)19-11-9-17(21(30)28-19)22(31)29-20(14-5-2-1-3-6-14)16-8-10-18-15(13-16)7-4-12-27-18/h1-3,5-6,8-11,13,20,27H,4,7,12H2,(H,28,30)(H,29,31). The average Bonchev–Trinajstić information content (AvgIpc) is 2.77. The van der Waals surface area contributed by atoms with Crippen molar-refractivity contribution in [2.45, 2.75) is 25.1 Å². The lowest BCUT2D eigenvalue weighted by Crippen LogP contribution is -2.34. The van der Waals surface area contributed by atoms with Gasteiger partial charge >= 0.3 is 6.18 Å². The van der Waals surface area contributed by atoms with Gasteiger partial charge in [-0.1, -0.05) is 42.5 Å². The molecule has 3 aromatic rings. The van der Waals surface area contributed by atoms with Crippen LogP contribution in [0.25, 0.3) is 0 Å². The Morgan fingerprint density at radius 2 is 1.77 bits per heavy atom. The van der Waals surface area contributed by atoms with Crippen molar-refractivity contribution in [3.8, 4) is 0 Å². The smallest absolute Gasteiger partial charge is 0.385 e. The molecule has 2 heterocycles. The predicted octanol–water partition coefficient (Wildman–Crippen LogP) is 4.27. The number of benzene rings is 2. The summed E-state index contributed by atoms with van der Waals surface area (Å²) >= 11 is 0. The van der Waals surface area contributed by atoms with E-state index in [1.165, 1.54) is 0 Å². The van der Waals surface area contributed by atoms with Crippen LogP contribution in [0.3, 0.4) is 0 Å². The SMILES string of the molecule is O=C(NC(c1ccccc1)c1ccc2c(c1)CCCN2)c1ccc(C(F)(F)F)[nH]c1=O. The quantitative estimate of drug-likeness (QED) is 0.582. The van der Waals surface area contributed by atoms with Crippen LogP contribution in [0.5, 0.6) is 0 Å². The molecule has 3 N–H and O–H groups in total. The minimum absolute atomic E-state index is 0.381. The molecule has 0 fully saturated rings. The highest BCUT2D eigenvalue weighted by Crippen LogP contribution is 2.29. The maximum Gasteiger partial charge on any atom is 0.431 e. The van der Waals surface area contributed by atoms with Crippen molar-refractivity contribution in [2.24, 2.45) is 0 Å². The van der Waals surface area contributed by atoms with Gasteiger partial charge in [0, 0.05) is 12.2 Å². The lowest BCUT2D eigenvalue weighted by Gasteiger charge is -2.23.